The highest BCUT2D eigenvalue weighted by molar-refractivity contribution is 6.14. The van der Waals surface area contributed by atoms with Crippen LogP contribution in [-0.2, 0) is 9.47 Å². The minimum Gasteiger partial charge on any atom is -0.465 e. The fraction of sp³-hybridized carbons (Fsp3) is 0.538. The number of nitrogens with zero attached hydrogens (tertiary/aromatic N) is 2. The van der Waals surface area contributed by atoms with Gasteiger partial charge in [0.05, 0.1) is 14.2 Å². The van der Waals surface area contributed by atoms with Crippen molar-refractivity contribution in [3.05, 3.63) is 41.2 Å². The van der Waals surface area contributed by atoms with Crippen LogP contribution in [0.5, 0.6) is 0 Å². The molecule has 4 rings (SSSR count). The Hall–Kier alpha value is -3.36. The van der Waals surface area contributed by atoms with E-state index in [2.05, 4.69) is 10.3 Å². The van der Waals surface area contributed by atoms with E-state index in [9.17, 15) is 14.4 Å². The summed E-state index contributed by atoms with van der Waals surface area (Å²) < 4.78 is 16.3. The number of aromatic nitrogens is 1. The molecule has 1 N–H and O–H groups in total. The number of hydrogen-bond donors (Lipinski definition) is 1. The first-order valence-corrected chi connectivity index (χ1v) is 12.4. The van der Waals surface area contributed by atoms with Crippen LogP contribution in [0, 0.1) is 0 Å². The third-order valence-corrected chi connectivity index (χ3v) is 6.91. The number of anilines is 2. The molecule has 0 aromatic carbocycles. The van der Waals surface area contributed by atoms with Crippen LogP contribution >= 0.6 is 0 Å². The molecule has 188 valence electrons. The zero-order valence-electron chi connectivity index (χ0n) is 20.4. The summed E-state index contributed by atoms with van der Waals surface area (Å²) in [5, 5.41) is 3.32. The van der Waals surface area contributed by atoms with Crippen molar-refractivity contribution in [2.75, 3.05) is 24.4 Å². The van der Waals surface area contributed by atoms with E-state index in [-0.39, 0.29) is 40.9 Å². The molecule has 2 aliphatic rings. The van der Waals surface area contributed by atoms with Crippen LogP contribution in [-0.4, -0.2) is 49.1 Å². The summed E-state index contributed by atoms with van der Waals surface area (Å²) in [6, 6.07) is 3.16. The Bertz CT molecular complexity index is 1040. The van der Waals surface area contributed by atoms with E-state index in [0.717, 1.165) is 64.2 Å². The molecule has 0 radical (unpaired) electrons. The Balaban J connectivity index is 1.86. The maximum atomic E-state index is 13.8. The largest absolute Gasteiger partial charge is 0.465 e. The molecule has 9 nitrogen and oxygen atoms in total. The molecule has 0 bridgehead atoms. The van der Waals surface area contributed by atoms with Gasteiger partial charge in [0.1, 0.15) is 11.1 Å². The smallest absolute Gasteiger partial charge is 0.344 e. The lowest BCUT2D eigenvalue weighted by atomic mass is 9.93. The molecule has 2 aliphatic carbocycles. The Morgan fingerprint density at radius 3 is 2.06 bits per heavy atom. The van der Waals surface area contributed by atoms with Crippen molar-refractivity contribution in [2.45, 2.75) is 76.3 Å². The molecule has 0 aliphatic heterocycles. The van der Waals surface area contributed by atoms with Gasteiger partial charge in [-0.1, -0.05) is 38.5 Å². The van der Waals surface area contributed by atoms with Crippen molar-refractivity contribution in [3.8, 4) is 0 Å². The summed E-state index contributed by atoms with van der Waals surface area (Å²) in [4.78, 5) is 45.3. The highest BCUT2D eigenvalue weighted by Gasteiger charge is 2.40. The molecule has 2 heterocycles. The number of methoxy groups -OCH3 is 2. The van der Waals surface area contributed by atoms with E-state index in [0.29, 0.717) is 5.56 Å². The molecular formula is C26H33N3O6. The molecule has 9 heteroatoms. The Morgan fingerprint density at radius 1 is 0.886 bits per heavy atom. The van der Waals surface area contributed by atoms with Gasteiger partial charge in [-0.2, -0.15) is 0 Å². The number of carbonyl (C=O) groups is 3. The number of ether oxygens (including phenoxy) is 2. The second kappa shape index (κ2) is 11.4. The molecular weight excluding hydrogens is 450 g/mol. The lowest BCUT2D eigenvalue weighted by Gasteiger charge is -2.33. The maximum Gasteiger partial charge on any atom is 0.344 e. The minimum absolute atomic E-state index is 0.0178. The van der Waals surface area contributed by atoms with Crippen LogP contribution in [0.1, 0.15) is 95.3 Å². The second-order valence-electron chi connectivity index (χ2n) is 9.15. The molecule has 2 fully saturated rings. The number of furan rings is 1. The van der Waals surface area contributed by atoms with E-state index >= 15 is 0 Å². The summed E-state index contributed by atoms with van der Waals surface area (Å²) in [6.45, 7) is 0. The highest BCUT2D eigenvalue weighted by atomic mass is 16.5. The van der Waals surface area contributed by atoms with E-state index in [1.165, 1.54) is 19.1 Å². The second-order valence-corrected chi connectivity index (χ2v) is 9.15. The fourth-order valence-electron chi connectivity index (χ4n) is 5.11. The number of nitrogens with one attached hydrogen (secondary N) is 1. The first-order chi connectivity index (χ1) is 17.0. The number of hydrogen-bond acceptors (Lipinski definition) is 8. The first kappa shape index (κ1) is 24.8. The van der Waals surface area contributed by atoms with Gasteiger partial charge in [-0.3, -0.25) is 14.7 Å². The number of esters is 2. The van der Waals surface area contributed by atoms with Gasteiger partial charge < -0.3 is 19.2 Å². The average molecular weight is 484 g/mol. The Labute approximate surface area is 205 Å². The fourth-order valence-corrected chi connectivity index (χ4v) is 5.11. The summed E-state index contributed by atoms with van der Waals surface area (Å²) in [7, 11) is 2.49. The summed E-state index contributed by atoms with van der Waals surface area (Å²) in [5.41, 5.74) is 0.285. The Kier molecular flexibility index (Phi) is 8.05. The molecule has 2 aromatic rings. The minimum atomic E-state index is -0.760. The van der Waals surface area contributed by atoms with Crippen molar-refractivity contribution in [2.24, 2.45) is 0 Å². The molecule has 1 amide bonds. The first-order valence-electron chi connectivity index (χ1n) is 12.4. The summed E-state index contributed by atoms with van der Waals surface area (Å²) in [5.74, 6) is -1.64. The van der Waals surface area contributed by atoms with Crippen LogP contribution < -0.4 is 10.2 Å². The molecule has 0 unspecified atom stereocenters. The zero-order chi connectivity index (χ0) is 24.8. The van der Waals surface area contributed by atoms with Crippen molar-refractivity contribution >= 4 is 29.6 Å². The van der Waals surface area contributed by atoms with Crippen molar-refractivity contribution in [1.29, 1.82) is 0 Å². The van der Waals surface area contributed by atoms with Gasteiger partial charge in [0.15, 0.2) is 0 Å². The van der Waals surface area contributed by atoms with Crippen LogP contribution in [0.25, 0.3) is 0 Å². The van der Waals surface area contributed by atoms with E-state index in [1.807, 2.05) is 0 Å². The lowest BCUT2D eigenvalue weighted by molar-refractivity contribution is 0.0557. The molecule has 0 spiro atoms. The molecule has 0 saturated heterocycles. The van der Waals surface area contributed by atoms with Crippen LogP contribution in [0.4, 0.5) is 11.8 Å². The molecule has 35 heavy (non-hydrogen) atoms. The van der Waals surface area contributed by atoms with Gasteiger partial charge in [-0.05, 0) is 37.8 Å². The van der Waals surface area contributed by atoms with E-state index in [4.69, 9.17) is 13.9 Å². The predicted molar refractivity (Wildman–Crippen MR) is 130 cm³/mol. The number of pyridine rings is 1. The topological polar surface area (TPSA) is 111 Å². The van der Waals surface area contributed by atoms with Gasteiger partial charge in [-0.15, -0.1) is 0 Å². The number of rotatable bonds is 7. The normalized spacial score (nSPS) is 17.0. The zero-order valence-corrected chi connectivity index (χ0v) is 20.4. The quantitative estimate of drug-likeness (QED) is 0.550. The van der Waals surface area contributed by atoms with Gasteiger partial charge in [0.2, 0.25) is 11.8 Å². The SMILES string of the molecule is COC(=O)c1c(NC2CCCCC2)oc(N(C(=O)c2ccncc2)C2CCCCC2)c1C(=O)OC. The summed E-state index contributed by atoms with van der Waals surface area (Å²) in [6.07, 6.45) is 12.7. The van der Waals surface area contributed by atoms with Crippen LogP contribution in [0.2, 0.25) is 0 Å². The summed E-state index contributed by atoms with van der Waals surface area (Å²) >= 11 is 0. The number of carbonyl (C=O) groups excluding carboxylic acids is 3. The van der Waals surface area contributed by atoms with Crippen LogP contribution in [0.15, 0.2) is 28.9 Å². The van der Waals surface area contributed by atoms with Crippen molar-refractivity contribution in [1.82, 2.24) is 4.98 Å². The van der Waals surface area contributed by atoms with Crippen molar-refractivity contribution in [3.63, 3.8) is 0 Å². The van der Waals surface area contributed by atoms with E-state index in [1.54, 1.807) is 24.5 Å². The third-order valence-electron chi connectivity index (χ3n) is 6.91. The highest BCUT2D eigenvalue weighted by Crippen LogP contribution is 2.40. The van der Waals surface area contributed by atoms with E-state index < -0.39 is 11.9 Å². The predicted octanol–water partition coefficient (Wildman–Crippen LogP) is 4.97. The third kappa shape index (κ3) is 5.33. The number of amides is 1. The Morgan fingerprint density at radius 2 is 1.46 bits per heavy atom. The molecule has 2 aromatic heterocycles. The lowest BCUT2D eigenvalue weighted by Crippen LogP contribution is -2.42. The van der Waals surface area contributed by atoms with Gasteiger partial charge in [-0.25, -0.2) is 9.59 Å². The van der Waals surface area contributed by atoms with Gasteiger partial charge in [0.25, 0.3) is 5.91 Å². The molecule has 2 saturated carbocycles. The monoisotopic (exact) mass is 483 g/mol. The standard InChI is InChI=1S/C26H33N3O6/c1-33-25(31)20-21(26(32)34-2)24(35-22(20)28-18-9-5-3-6-10-18)29(19-11-7-4-8-12-19)23(30)17-13-15-27-16-14-17/h13-16,18-19,28H,3-12H2,1-2H3. The van der Waals surface area contributed by atoms with Crippen molar-refractivity contribution < 1.29 is 28.3 Å². The average Bonchev–Trinajstić information content (AvgIpc) is 3.27. The van der Waals surface area contributed by atoms with Gasteiger partial charge >= 0.3 is 11.9 Å². The van der Waals surface area contributed by atoms with Crippen LogP contribution in [0.3, 0.4) is 0 Å². The van der Waals surface area contributed by atoms with Gasteiger partial charge in [0, 0.05) is 30.0 Å². The maximum absolute atomic E-state index is 13.8. The molecule has 0 atom stereocenters.